The minimum absolute atomic E-state index is 0.0272. The maximum absolute atomic E-state index is 5.95. The molecule has 0 bridgehead atoms. The van der Waals surface area contributed by atoms with E-state index in [2.05, 4.69) is 0 Å². The van der Waals surface area contributed by atoms with Crippen LogP contribution in [0.5, 0.6) is 0 Å². The normalized spacial score (nSPS) is 15.3. The average Bonchev–Trinajstić information content (AvgIpc) is 2.19. The van der Waals surface area contributed by atoms with Gasteiger partial charge in [-0.25, -0.2) is 0 Å². The van der Waals surface area contributed by atoms with Crippen molar-refractivity contribution in [3.05, 3.63) is 0 Å². The highest BCUT2D eigenvalue weighted by atomic mass is 35.6. The lowest BCUT2D eigenvalue weighted by atomic mass is 10.2. The maximum atomic E-state index is 5.95. The molecule has 0 aromatic rings. The number of hydrogen-bond acceptors (Lipinski definition) is 3. The number of alkyl halides is 7. The van der Waals surface area contributed by atoms with Crippen LogP contribution in [0.4, 0.5) is 0 Å². The molecule has 19 heavy (non-hydrogen) atoms. The molecule has 0 N–H and O–H groups in total. The first-order valence-corrected chi connectivity index (χ1v) is 8.71. The predicted octanol–water partition coefficient (Wildman–Crippen LogP) is 6.22. The minimum atomic E-state index is -1.90. The fourth-order valence-corrected chi connectivity index (χ4v) is 2.74. The van der Waals surface area contributed by atoms with Gasteiger partial charge < -0.3 is 9.05 Å². The molecule has 1 atom stereocenters. The van der Waals surface area contributed by atoms with Crippen molar-refractivity contribution in [2.75, 3.05) is 13.2 Å². The summed E-state index contributed by atoms with van der Waals surface area (Å²) in [7, 11) is -1.90. The Morgan fingerprint density at radius 3 is 1.53 bits per heavy atom. The minimum Gasteiger partial charge on any atom is -0.308 e. The molecule has 116 valence electrons. The Morgan fingerprint density at radius 1 is 0.895 bits per heavy atom. The molecule has 0 saturated carbocycles. The molecule has 0 amide bonds. The molecule has 0 unspecified atom stereocenters. The summed E-state index contributed by atoms with van der Waals surface area (Å²) >= 11 is 39.3. The number of hydrogen-bond donors (Lipinski definition) is 0. The van der Waals surface area contributed by atoms with Gasteiger partial charge in [0.15, 0.2) is 0 Å². The molecule has 0 radical (unpaired) electrons. The summed E-state index contributed by atoms with van der Waals surface area (Å²) in [5, 5.41) is 0. The van der Waals surface area contributed by atoms with Gasteiger partial charge in [0.05, 0.1) is 0 Å². The van der Waals surface area contributed by atoms with Gasteiger partial charge in [0.25, 0.3) is 0 Å². The highest BCUT2D eigenvalue weighted by Gasteiger charge is 2.30. The van der Waals surface area contributed by atoms with Gasteiger partial charge in [0.2, 0.25) is 7.59 Å². The van der Waals surface area contributed by atoms with Crippen molar-refractivity contribution in [3.63, 3.8) is 0 Å². The molecule has 0 aliphatic rings. The van der Waals surface area contributed by atoms with Gasteiger partial charge in [-0.15, -0.1) is 0 Å². The third-order valence-electron chi connectivity index (χ3n) is 1.38. The lowest BCUT2D eigenvalue weighted by Crippen LogP contribution is -2.18. The first kappa shape index (κ1) is 21.3. The molecule has 0 spiro atoms. The van der Waals surface area contributed by atoms with Crippen LogP contribution in [0.25, 0.3) is 0 Å². The van der Waals surface area contributed by atoms with E-state index in [1.165, 1.54) is 0 Å². The Kier molecular flexibility index (Phi) is 10.6. The Labute approximate surface area is 149 Å². The third-order valence-corrected chi connectivity index (χ3v) is 3.83. The quantitative estimate of drug-likeness (QED) is 0.351. The van der Waals surface area contributed by atoms with Crippen molar-refractivity contribution in [1.82, 2.24) is 0 Å². The Morgan fingerprint density at radius 2 is 1.26 bits per heavy atom. The van der Waals surface area contributed by atoms with E-state index in [0.29, 0.717) is 0 Å². The van der Waals surface area contributed by atoms with Crippen LogP contribution in [0.2, 0.25) is 0 Å². The zero-order valence-electron chi connectivity index (χ0n) is 9.89. The average molecular weight is 435 g/mol. The fourth-order valence-electron chi connectivity index (χ4n) is 0.554. The van der Waals surface area contributed by atoms with Crippen LogP contribution in [-0.2, 0) is 13.6 Å². The van der Waals surface area contributed by atoms with Crippen molar-refractivity contribution in [2.24, 2.45) is 5.92 Å². The summed E-state index contributed by atoms with van der Waals surface area (Å²) in [4.78, 5) is 0. The van der Waals surface area contributed by atoms with Crippen LogP contribution in [-0.4, -0.2) is 26.4 Å². The Hall–Kier alpha value is 2.34. The lowest BCUT2D eigenvalue weighted by Gasteiger charge is -2.24. The van der Waals surface area contributed by atoms with Gasteiger partial charge in [0, 0.05) is 0 Å². The number of halogens is 7. The van der Waals surface area contributed by atoms with E-state index in [0.717, 1.165) is 0 Å². The second kappa shape index (κ2) is 9.47. The molecule has 3 nitrogen and oxygen atoms in total. The van der Waals surface area contributed by atoms with Gasteiger partial charge in [-0.2, -0.15) is 0 Å². The molecule has 0 rings (SSSR count). The van der Waals surface area contributed by atoms with Crippen LogP contribution in [0.3, 0.4) is 0 Å². The second-order valence-corrected chi connectivity index (χ2v) is 10.3. The van der Waals surface area contributed by atoms with E-state index in [1.807, 2.05) is 13.8 Å². The summed E-state index contributed by atoms with van der Waals surface area (Å²) in [6, 6.07) is 0. The molecule has 0 fully saturated rings. The highest BCUT2D eigenvalue weighted by Crippen LogP contribution is 2.47. The van der Waals surface area contributed by atoms with Crippen molar-refractivity contribution in [2.45, 2.75) is 27.0 Å². The molecule has 0 aliphatic carbocycles. The monoisotopic (exact) mass is 432 g/mol. The number of rotatable bonds is 7. The van der Waals surface area contributed by atoms with E-state index >= 15 is 0 Å². The molecular formula is C8H12Cl7O3P. The van der Waals surface area contributed by atoms with Gasteiger partial charge in [0.1, 0.15) is 18.8 Å². The summed E-state index contributed by atoms with van der Waals surface area (Å²) < 4.78 is 12.5. The largest absolute Gasteiger partial charge is 0.334 e. The fraction of sp³-hybridized carbons (Fsp3) is 1.00. The summed E-state index contributed by atoms with van der Waals surface area (Å²) in [6.07, 6.45) is 0. The second-order valence-electron chi connectivity index (χ2n) is 3.70. The molecule has 0 heterocycles. The summed E-state index contributed by atoms with van der Waals surface area (Å²) in [5.41, 5.74) is -0.642. The van der Waals surface area contributed by atoms with Crippen LogP contribution >= 0.6 is 89.8 Å². The third kappa shape index (κ3) is 13.7. The van der Waals surface area contributed by atoms with Crippen LogP contribution in [0.1, 0.15) is 13.8 Å². The van der Waals surface area contributed by atoms with Crippen molar-refractivity contribution < 1.29 is 13.6 Å². The standard InChI is InChI=1S/C8H12Cl7O3P/c1-5(2)6(9)18-19(16-3-7(10,11)12)17-4-8(13,14)15/h5-6H,3-4H2,1-2H3/t6-/m1/s1. The van der Waals surface area contributed by atoms with Crippen LogP contribution in [0, 0.1) is 5.92 Å². The first-order valence-electron chi connectivity index (χ1n) is 4.91. The molecule has 0 saturated heterocycles. The Bertz CT molecular complexity index is 238. The van der Waals surface area contributed by atoms with Gasteiger partial charge in [-0.05, 0) is 5.92 Å². The van der Waals surface area contributed by atoms with E-state index in [4.69, 9.17) is 94.8 Å². The lowest BCUT2D eigenvalue weighted by molar-refractivity contribution is 0.134. The van der Waals surface area contributed by atoms with E-state index in [-0.39, 0.29) is 19.1 Å². The summed E-state index contributed by atoms with van der Waals surface area (Å²) in [5.74, 6) is 0.0272. The summed E-state index contributed by atoms with van der Waals surface area (Å²) in [6.45, 7) is 3.22. The van der Waals surface area contributed by atoms with Gasteiger partial charge in [-0.1, -0.05) is 95.1 Å². The van der Waals surface area contributed by atoms with Crippen molar-refractivity contribution in [1.29, 1.82) is 0 Å². The molecule has 11 heteroatoms. The van der Waals surface area contributed by atoms with Gasteiger partial charge >= 0.3 is 8.60 Å². The van der Waals surface area contributed by atoms with E-state index in [9.17, 15) is 0 Å². The predicted molar refractivity (Wildman–Crippen MR) is 85.0 cm³/mol. The van der Waals surface area contributed by atoms with E-state index < -0.39 is 21.8 Å². The zero-order valence-corrected chi connectivity index (χ0v) is 16.1. The SMILES string of the molecule is CC(C)[C@H](Cl)OP(OCC(Cl)(Cl)Cl)OCC(Cl)(Cl)Cl. The van der Waals surface area contributed by atoms with Crippen molar-refractivity contribution >= 4 is 89.8 Å². The van der Waals surface area contributed by atoms with Gasteiger partial charge in [-0.3, -0.25) is 4.52 Å². The zero-order chi connectivity index (χ0) is 15.3. The molecule has 0 aromatic heterocycles. The topological polar surface area (TPSA) is 27.7 Å². The smallest absolute Gasteiger partial charge is 0.308 e. The molecular weight excluding hydrogens is 423 g/mol. The van der Waals surface area contributed by atoms with E-state index in [1.54, 1.807) is 0 Å². The molecule has 0 aliphatic heterocycles. The Balaban J connectivity index is 4.38. The molecule has 0 aromatic carbocycles. The van der Waals surface area contributed by atoms with Crippen molar-refractivity contribution in [3.8, 4) is 0 Å². The maximum Gasteiger partial charge on any atom is 0.334 e. The first-order chi connectivity index (χ1) is 8.41. The van der Waals surface area contributed by atoms with Crippen LogP contribution < -0.4 is 0 Å². The van der Waals surface area contributed by atoms with Crippen LogP contribution in [0.15, 0.2) is 0 Å². The highest BCUT2D eigenvalue weighted by molar-refractivity contribution is 7.41.